The summed E-state index contributed by atoms with van der Waals surface area (Å²) in [6.07, 6.45) is 6.69. The molecule has 0 spiro atoms. The number of anilines is 1. The molecule has 2 amide bonds. The van der Waals surface area contributed by atoms with E-state index >= 15 is 0 Å². The van der Waals surface area contributed by atoms with Crippen molar-refractivity contribution >= 4 is 22.5 Å². The number of nitrogens with zero attached hydrogens (tertiary/aromatic N) is 4. The van der Waals surface area contributed by atoms with Crippen molar-refractivity contribution in [2.75, 3.05) is 25.0 Å². The number of hydrogen-bond donors (Lipinski definition) is 2. The van der Waals surface area contributed by atoms with E-state index in [0.29, 0.717) is 18.2 Å². The summed E-state index contributed by atoms with van der Waals surface area (Å²) in [6, 6.07) is 3.21. The molecule has 0 saturated carbocycles. The Kier molecular flexibility index (Phi) is 6.35. The minimum Gasteiger partial charge on any atom is -0.336 e. The van der Waals surface area contributed by atoms with Gasteiger partial charge in [-0.2, -0.15) is 5.10 Å². The van der Waals surface area contributed by atoms with E-state index in [4.69, 9.17) is 0 Å². The number of aromatic nitrogens is 3. The number of hydrogen-bond acceptors (Lipinski definition) is 6. The number of likely N-dealkylation sites (tertiary alicyclic amines) is 1. The highest BCUT2D eigenvalue weighted by molar-refractivity contribution is 7.15. The molecular weight excluding hydrogens is 352 g/mol. The number of urea groups is 1. The summed E-state index contributed by atoms with van der Waals surface area (Å²) in [5.41, 5.74) is -0.0858. The molecule has 9 heteroatoms. The van der Waals surface area contributed by atoms with Crippen molar-refractivity contribution in [2.24, 2.45) is 0 Å². The minimum absolute atomic E-state index is 0.0858. The molecule has 0 aromatic carbocycles. The molecule has 0 aliphatic carbocycles. The van der Waals surface area contributed by atoms with Gasteiger partial charge in [0.1, 0.15) is 0 Å². The maximum Gasteiger partial charge on any atom is 0.321 e. The lowest BCUT2D eigenvalue weighted by molar-refractivity contribution is 0.139. The van der Waals surface area contributed by atoms with Crippen LogP contribution in [-0.2, 0) is 6.54 Å². The van der Waals surface area contributed by atoms with Gasteiger partial charge in [-0.05, 0) is 32.4 Å². The fraction of sp³-hybridized carbons (Fsp3) is 0.529. The van der Waals surface area contributed by atoms with Gasteiger partial charge >= 0.3 is 6.03 Å². The number of nitrogens with one attached hydrogen (secondary N) is 2. The van der Waals surface area contributed by atoms with Crippen molar-refractivity contribution in [3.63, 3.8) is 0 Å². The maximum atomic E-state index is 12.1. The zero-order valence-electron chi connectivity index (χ0n) is 14.9. The molecule has 3 heterocycles. The van der Waals surface area contributed by atoms with Crippen LogP contribution in [0.1, 0.15) is 24.1 Å². The molecule has 1 fully saturated rings. The second kappa shape index (κ2) is 8.91. The number of carbonyl (C=O) groups is 1. The number of rotatable bonds is 6. The molecule has 140 valence electrons. The summed E-state index contributed by atoms with van der Waals surface area (Å²) in [4.78, 5) is 31.4. The Morgan fingerprint density at radius 1 is 1.38 bits per heavy atom. The van der Waals surface area contributed by atoms with Crippen LogP contribution in [0.25, 0.3) is 0 Å². The fourth-order valence-corrected chi connectivity index (χ4v) is 3.79. The molecule has 8 nitrogen and oxygen atoms in total. The Morgan fingerprint density at radius 2 is 2.27 bits per heavy atom. The molecule has 3 rings (SSSR count). The predicted octanol–water partition coefficient (Wildman–Crippen LogP) is 1.68. The summed E-state index contributed by atoms with van der Waals surface area (Å²) < 4.78 is 1.48. The van der Waals surface area contributed by atoms with Crippen LogP contribution in [0.4, 0.5) is 9.93 Å². The van der Waals surface area contributed by atoms with E-state index in [0.717, 1.165) is 37.2 Å². The Hall–Kier alpha value is -2.26. The largest absolute Gasteiger partial charge is 0.336 e. The van der Waals surface area contributed by atoms with Gasteiger partial charge in [-0.1, -0.05) is 6.42 Å². The highest BCUT2D eigenvalue weighted by Crippen LogP contribution is 2.17. The highest BCUT2D eigenvalue weighted by atomic mass is 32.1. The second-order valence-electron chi connectivity index (χ2n) is 6.38. The molecule has 1 aliphatic rings. The van der Waals surface area contributed by atoms with Crippen LogP contribution < -0.4 is 16.2 Å². The third kappa shape index (κ3) is 5.12. The maximum absolute atomic E-state index is 12.1. The second-order valence-corrected chi connectivity index (χ2v) is 7.62. The highest BCUT2D eigenvalue weighted by Gasteiger charge is 2.22. The summed E-state index contributed by atoms with van der Waals surface area (Å²) in [6.45, 7) is 4.80. The molecule has 2 N–H and O–H groups in total. The minimum atomic E-state index is -0.231. The number of aryl methyl sites for hydroxylation is 1. The summed E-state index contributed by atoms with van der Waals surface area (Å²) in [5.74, 6) is 0. The van der Waals surface area contributed by atoms with Gasteiger partial charge in [-0.15, -0.1) is 11.3 Å². The van der Waals surface area contributed by atoms with Crippen LogP contribution >= 0.6 is 11.3 Å². The van der Waals surface area contributed by atoms with Crippen LogP contribution in [0, 0.1) is 6.92 Å². The van der Waals surface area contributed by atoms with Gasteiger partial charge in [0.05, 0.1) is 6.54 Å². The first kappa shape index (κ1) is 18.5. The molecule has 0 bridgehead atoms. The lowest BCUT2D eigenvalue weighted by Crippen LogP contribution is -2.48. The van der Waals surface area contributed by atoms with Gasteiger partial charge in [-0.3, -0.25) is 15.0 Å². The average molecular weight is 376 g/mol. The molecule has 2 aromatic rings. The van der Waals surface area contributed by atoms with Crippen molar-refractivity contribution < 1.29 is 4.79 Å². The molecule has 1 unspecified atom stereocenters. The van der Waals surface area contributed by atoms with Gasteiger partial charge in [0.25, 0.3) is 5.56 Å². The Balaban J connectivity index is 1.49. The fourth-order valence-electron chi connectivity index (χ4n) is 3.13. The molecular formula is C17H24N6O2S. The van der Waals surface area contributed by atoms with Crippen molar-refractivity contribution in [1.82, 2.24) is 25.0 Å². The quantitative estimate of drug-likeness (QED) is 0.800. The third-order valence-corrected chi connectivity index (χ3v) is 5.30. The zero-order valence-corrected chi connectivity index (χ0v) is 15.7. The van der Waals surface area contributed by atoms with Crippen LogP contribution in [0.3, 0.4) is 0 Å². The van der Waals surface area contributed by atoms with Crippen LogP contribution in [-0.4, -0.2) is 51.4 Å². The first-order valence-electron chi connectivity index (χ1n) is 8.85. The van der Waals surface area contributed by atoms with Crippen molar-refractivity contribution in [2.45, 2.75) is 38.8 Å². The van der Waals surface area contributed by atoms with Crippen molar-refractivity contribution in [3.05, 3.63) is 39.8 Å². The van der Waals surface area contributed by atoms with E-state index in [1.165, 1.54) is 22.1 Å². The van der Waals surface area contributed by atoms with Crippen LogP contribution in [0.15, 0.2) is 29.3 Å². The van der Waals surface area contributed by atoms with Crippen LogP contribution in [0.5, 0.6) is 0 Å². The van der Waals surface area contributed by atoms with Gasteiger partial charge in [0.2, 0.25) is 0 Å². The monoisotopic (exact) mass is 376 g/mol. The van der Waals surface area contributed by atoms with E-state index in [-0.39, 0.29) is 17.6 Å². The number of piperidine rings is 1. The average Bonchev–Trinajstić information content (AvgIpc) is 3.04. The SMILES string of the molecule is Cc1cnc(NC(=O)NCC2CCCCN2CCn2ncccc2=O)s1. The first-order valence-corrected chi connectivity index (χ1v) is 9.67. The van der Waals surface area contributed by atoms with Gasteiger partial charge < -0.3 is 5.32 Å². The Bertz CT molecular complexity index is 789. The number of amides is 2. The van der Waals surface area contributed by atoms with Gasteiger partial charge in [-0.25, -0.2) is 14.5 Å². The van der Waals surface area contributed by atoms with E-state index < -0.39 is 0 Å². The molecule has 2 aromatic heterocycles. The number of thiazole rings is 1. The van der Waals surface area contributed by atoms with Gasteiger partial charge in [0.15, 0.2) is 5.13 Å². The summed E-state index contributed by atoms with van der Waals surface area (Å²) >= 11 is 1.45. The Morgan fingerprint density at radius 3 is 3.04 bits per heavy atom. The lowest BCUT2D eigenvalue weighted by atomic mass is 10.0. The van der Waals surface area contributed by atoms with Crippen molar-refractivity contribution in [3.8, 4) is 0 Å². The zero-order chi connectivity index (χ0) is 18.4. The van der Waals surface area contributed by atoms with E-state index in [9.17, 15) is 9.59 Å². The smallest absolute Gasteiger partial charge is 0.321 e. The standard InChI is InChI=1S/C17H24N6O2S/c1-13-11-19-17(26-13)21-16(25)18-12-14-5-2-3-8-22(14)9-10-23-15(24)6-4-7-20-23/h4,6-7,11,14H,2-3,5,8-10,12H2,1H3,(H2,18,19,21,25). The molecule has 1 atom stereocenters. The van der Waals surface area contributed by atoms with Crippen LogP contribution in [0.2, 0.25) is 0 Å². The lowest BCUT2D eigenvalue weighted by Gasteiger charge is -2.35. The summed E-state index contributed by atoms with van der Waals surface area (Å²) in [7, 11) is 0. The van der Waals surface area contributed by atoms with E-state index in [1.807, 2.05) is 6.92 Å². The number of carbonyl (C=O) groups excluding carboxylic acids is 1. The predicted molar refractivity (Wildman–Crippen MR) is 102 cm³/mol. The van der Waals surface area contributed by atoms with Crippen molar-refractivity contribution in [1.29, 1.82) is 0 Å². The molecule has 26 heavy (non-hydrogen) atoms. The first-order chi connectivity index (χ1) is 12.6. The van der Waals surface area contributed by atoms with E-state index in [1.54, 1.807) is 18.5 Å². The normalized spacial score (nSPS) is 17.8. The molecule has 0 radical (unpaired) electrons. The topological polar surface area (TPSA) is 92.2 Å². The Labute approximate surface area is 156 Å². The van der Waals surface area contributed by atoms with E-state index in [2.05, 4.69) is 25.6 Å². The van der Waals surface area contributed by atoms with Gasteiger partial charge in [0, 0.05) is 42.5 Å². The molecule has 1 saturated heterocycles. The summed E-state index contributed by atoms with van der Waals surface area (Å²) in [5, 5.41) is 10.4. The third-order valence-electron chi connectivity index (χ3n) is 4.47. The molecule has 1 aliphatic heterocycles.